The first-order valence-electron chi connectivity index (χ1n) is 9.09. The lowest BCUT2D eigenvalue weighted by Crippen LogP contribution is -2.23. The molecule has 8 nitrogen and oxygen atoms in total. The Bertz CT molecular complexity index is 1180. The molecular weight excluding hydrogens is 378 g/mol. The second kappa shape index (κ2) is 7.48. The van der Waals surface area contributed by atoms with Gasteiger partial charge in [-0.25, -0.2) is 8.42 Å². The average Bonchev–Trinajstić information content (AvgIpc) is 3.08. The second-order valence-electron chi connectivity index (χ2n) is 6.88. The van der Waals surface area contributed by atoms with Gasteiger partial charge in [0.05, 0.1) is 28.4 Å². The third-order valence-electron chi connectivity index (χ3n) is 5.18. The predicted molar refractivity (Wildman–Crippen MR) is 105 cm³/mol. The quantitative estimate of drug-likeness (QED) is 0.582. The second-order valence-corrected chi connectivity index (χ2v) is 7.91. The third kappa shape index (κ3) is 3.27. The van der Waals surface area contributed by atoms with E-state index >= 15 is 0 Å². The largest absolute Gasteiger partial charge is 0.338 e. The number of nitrogens with zero attached hydrogens (tertiary/aromatic N) is 3. The van der Waals surface area contributed by atoms with Gasteiger partial charge >= 0.3 is 0 Å². The van der Waals surface area contributed by atoms with E-state index in [2.05, 4.69) is 21.5 Å². The maximum absolute atomic E-state index is 12.5. The number of benzene rings is 1. The number of fused-ring (bicyclic) bond motifs is 1. The smallest absolute Gasteiger partial charge is 0.261 e. The van der Waals surface area contributed by atoms with Crippen LogP contribution < -0.4 is 10.9 Å². The van der Waals surface area contributed by atoms with Crippen LogP contribution in [-0.2, 0) is 10.7 Å². The van der Waals surface area contributed by atoms with Crippen molar-refractivity contribution in [3.63, 3.8) is 0 Å². The fraction of sp³-hybridized carbons (Fsp3) is 0.316. The number of H-pyrrole nitrogens is 1. The van der Waals surface area contributed by atoms with Crippen LogP contribution in [0.2, 0.25) is 0 Å². The molecule has 0 saturated heterocycles. The van der Waals surface area contributed by atoms with E-state index in [0.29, 0.717) is 22.4 Å². The van der Waals surface area contributed by atoms with Gasteiger partial charge in [0, 0.05) is 11.9 Å². The van der Waals surface area contributed by atoms with Crippen molar-refractivity contribution in [3.8, 4) is 6.07 Å². The van der Waals surface area contributed by atoms with Gasteiger partial charge in [-0.15, -0.1) is 0 Å². The fourth-order valence-corrected chi connectivity index (χ4v) is 4.19. The fourth-order valence-electron chi connectivity index (χ4n) is 3.80. The molecule has 9 heteroatoms. The number of nitriles is 1. The Hall–Kier alpha value is -3.12. The standard InChI is InChI=1S/C19H19N5O3S/c20-11-12-3-1-2-4-15(12)24-16-9-10-21-19(25)17(16)18(23-24)22-13-5-7-14(8-6-13)28(26)27/h5-10,12,15,28H,1-4H2,(H,21,25)(H,22,23)/t12-,15+/m0/s1. The van der Waals surface area contributed by atoms with E-state index in [4.69, 9.17) is 0 Å². The highest BCUT2D eigenvalue weighted by Crippen LogP contribution is 2.36. The zero-order chi connectivity index (χ0) is 19.7. The molecule has 1 saturated carbocycles. The van der Waals surface area contributed by atoms with Crippen LogP contribution in [0, 0.1) is 17.2 Å². The zero-order valence-corrected chi connectivity index (χ0v) is 15.9. The van der Waals surface area contributed by atoms with Gasteiger partial charge in [0.25, 0.3) is 5.56 Å². The first-order chi connectivity index (χ1) is 13.6. The highest BCUT2D eigenvalue weighted by Gasteiger charge is 2.29. The number of thiol groups is 1. The normalized spacial score (nSPS) is 19.6. The van der Waals surface area contributed by atoms with E-state index in [9.17, 15) is 18.5 Å². The molecule has 144 valence electrons. The molecule has 2 atom stereocenters. The summed E-state index contributed by atoms with van der Waals surface area (Å²) in [6, 6.07) is 10.3. The van der Waals surface area contributed by atoms with Crippen LogP contribution in [-0.4, -0.2) is 23.2 Å². The summed E-state index contributed by atoms with van der Waals surface area (Å²) >= 11 is 0. The number of hydrogen-bond acceptors (Lipinski definition) is 6. The Morgan fingerprint density at radius 2 is 1.93 bits per heavy atom. The van der Waals surface area contributed by atoms with Crippen molar-refractivity contribution < 1.29 is 8.42 Å². The van der Waals surface area contributed by atoms with Gasteiger partial charge < -0.3 is 10.3 Å². The minimum atomic E-state index is -2.65. The first kappa shape index (κ1) is 18.3. The zero-order valence-electron chi connectivity index (χ0n) is 15.0. The van der Waals surface area contributed by atoms with Gasteiger partial charge in [0.2, 0.25) is 0 Å². The van der Waals surface area contributed by atoms with Gasteiger partial charge in [-0.05, 0) is 43.2 Å². The molecule has 2 heterocycles. The number of pyridine rings is 1. The molecule has 0 radical (unpaired) electrons. The molecule has 1 aliphatic carbocycles. The summed E-state index contributed by atoms with van der Waals surface area (Å²) in [6.45, 7) is 0. The van der Waals surface area contributed by atoms with Crippen molar-refractivity contribution in [1.29, 1.82) is 5.26 Å². The average molecular weight is 397 g/mol. The molecule has 0 aliphatic heterocycles. The van der Waals surface area contributed by atoms with Crippen molar-refractivity contribution >= 4 is 33.1 Å². The summed E-state index contributed by atoms with van der Waals surface area (Å²) in [5.41, 5.74) is 1.03. The number of anilines is 2. The van der Waals surface area contributed by atoms with Crippen LogP contribution in [0.25, 0.3) is 10.9 Å². The van der Waals surface area contributed by atoms with Crippen molar-refractivity contribution in [2.24, 2.45) is 5.92 Å². The van der Waals surface area contributed by atoms with E-state index in [-0.39, 0.29) is 22.4 Å². The summed E-state index contributed by atoms with van der Waals surface area (Å²) < 4.78 is 23.9. The molecule has 0 spiro atoms. The van der Waals surface area contributed by atoms with Crippen molar-refractivity contribution in [1.82, 2.24) is 14.8 Å². The van der Waals surface area contributed by atoms with E-state index in [1.807, 2.05) is 0 Å². The predicted octanol–water partition coefficient (Wildman–Crippen LogP) is 2.69. The molecule has 1 aliphatic rings. The maximum Gasteiger partial charge on any atom is 0.261 e. The van der Waals surface area contributed by atoms with Crippen molar-refractivity contribution in [3.05, 3.63) is 46.9 Å². The maximum atomic E-state index is 12.5. The van der Waals surface area contributed by atoms with Crippen LogP contribution in [0.5, 0.6) is 0 Å². The van der Waals surface area contributed by atoms with Gasteiger partial charge in [0.15, 0.2) is 16.5 Å². The summed E-state index contributed by atoms with van der Waals surface area (Å²) in [5.74, 6) is 0.245. The topological polar surface area (TPSA) is 121 Å². The highest BCUT2D eigenvalue weighted by atomic mass is 32.2. The Kier molecular flexibility index (Phi) is 4.88. The lowest BCUT2D eigenvalue weighted by molar-refractivity contribution is 0.277. The van der Waals surface area contributed by atoms with E-state index in [1.54, 1.807) is 29.1 Å². The Labute approximate surface area is 162 Å². The molecule has 0 bridgehead atoms. The van der Waals surface area contributed by atoms with Crippen LogP contribution in [0.4, 0.5) is 11.5 Å². The number of rotatable bonds is 4. The highest BCUT2D eigenvalue weighted by molar-refractivity contribution is 7.72. The van der Waals surface area contributed by atoms with Gasteiger partial charge in [-0.3, -0.25) is 9.48 Å². The summed E-state index contributed by atoms with van der Waals surface area (Å²) in [4.78, 5) is 15.4. The lowest BCUT2D eigenvalue weighted by Gasteiger charge is -2.27. The molecule has 2 aromatic heterocycles. The van der Waals surface area contributed by atoms with E-state index in [0.717, 1.165) is 25.7 Å². The van der Waals surface area contributed by atoms with Crippen LogP contribution >= 0.6 is 0 Å². The Morgan fingerprint density at radius 1 is 1.18 bits per heavy atom. The van der Waals surface area contributed by atoms with Gasteiger partial charge in [-0.2, -0.15) is 10.4 Å². The van der Waals surface area contributed by atoms with E-state index in [1.165, 1.54) is 12.1 Å². The number of aromatic nitrogens is 3. The van der Waals surface area contributed by atoms with Crippen molar-refractivity contribution in [2.75, 3.05) is 5.32 Å². The molecule has 2 N–H and O–H groups in total. The van der Waals surface area contributed by atoms with Gasteiger partial charge in [-0.1, -0.05) is 12.8 Å². The molecule has 0 amide bonds. The third-order valence-corrected chi connectivity index (χ3v) is 5.90. The number of aromatic amines is 1. The molecule has 28 heavy (non-hydrogen) atoms. The molecule has 1 aromatic carbocycles. The minimum absolute atomic E-state index is 0.0783. The SMILES string of the molecule is N#C[C@@H]1CCCC[C@H]1n1nc(Nc2ccc([SH](=O)=O)cc2)c2c(=O)[nH]ccc21. The molecule has 4 rings (SSSR count). The Morgan fingerprint density at radius 3 is 2.64 bits per heavy atom. The summed E-state index contributed by atoms with van der Waals surface area (Å²) in [6.07, 6.45) is 5.28. The number of nitrogens with one attached hydrogen (secondary N) is 2. The summed E-state index contributed by atoms with van der Waals surface area (Å²) in [5, 5.41) is 17.7. The summed E-state index contributed by atoms with van der Waals surface area (Å²) in [7, 11) is -2.65. The molecule has 1 fully saturated rings. The Balaban J connectivity index is 1.78. The van der Waals surface area contributed by atoms with Crippen LogP contribution in [0.15, 0.2) is 46.2 Å². The molecule has 0 unspecified atom stereocenters. The first-order valence-corrected chi connectivity index (χ1v) is 10.3. The van der Waals surface area contributed by atoms with Crippen LogP contribution in [0.3, 0.4) is 0 Å². The van der Waals surface area contributed by atoms with Crippen LogP contribution in [0.1, 0.15) is 31.7 Å². The monoisotopic (exact) mass is 397 g/mol. The molecular formula is C19H19N5O3S. The lowest BCUT2D eigenvalue weighted by atomic mass is 9.85. The number of hydrogen-bond donors (Lipinski definition) is 3. The van der Waals surface area contributed by atoms with Crippen molar-refractivity contribution in [2.45, 2.75) is 36.6 Å². The minimum Gasteiger partial charge on any atom is -0.338 e. The van der Waals surface area contributed by atoms with Gasteiger partial charge in [0.1, 0.15) is 5.39 Å². The van der Waals surface area contributed by atoms with E-state index < -0.39 is 10.7 Å². The molecule has 3 aromatic rings.